The second kappa shape index (κ2) is 49.6. The minimum Gasteiger partial charge on any atom is -0.753 e. The first-order valence-corrected chi connectivity index (χ1v) is 0.836. The lowest BCUT2D eigenvalue weighted by molar-refractivity contribution is 2.13. The monoisotopic (exact) mass is 92.0 g/mol. The van der Waals surface area contributed by atoms with Gasteiger partial charge in [-0.3, -0.25) is 0 Å². The van der Waals surface area contributed by atoms with Crippen LogP contribution in [0, 0.1) is 0 Å². The number of hydrogen-bond donors (Lipinski definition) is 1. The van der Waals surface area contributed by atoms with Crippen LogP contribution in [0.3, 0.4) is 0 Å². The molecule has 32 valence electrons. The van der Waals surface area contributed by atoms with E-state index in [0.29, 0.717) is 0 Å². The van der Waals surface area contributed by atoms with Gasteiger partial charge in [0.15, 0.2) is 0 Å². The fourth-order valence-electron chi connectivity index (χ4n) is 0. The normalized spacial score (nSPS) is 1.60. The molecule has 0 radical (unpaired) electrons. The maximum Gasteiger partial charge on any atom is -0.0548 e. The summed E-state index contributed by atoms with van der Waals surface area (Å²) in [6.45, 7) is 0. The molecular formula is C2H8N2S. The molecule has 0 aliphatic heterocycles. The SMILES string of the molecule is C.[N-]=C=S.[NH4+]. The molecule has 4 N–H and O–H groups in total. The Labute approximate surface area is 37.3 Å². The fourth-order valence-corrected chi connectivity index (χ4v) is 0. The molecular weight excluding hydrogens is 84.1 g/mol. The highest BCUT2D eigenvalue weighted by atomic mass is 32.1. The third-order valence-corrected chi connectivity index (χ3v) is 0. The first kappa shape index (κ1) is 21.7. The van der Waals surface area contributed by atoms with Crippen molar-refractivity contribution in [3.8, 4) is 0 Å². The van der Waals surface area contributed by atoms with Crippen LogP contribution < -0.4 is 6.15 Å². The molecule has 0 unspecified atom stereocenters. The van der Waals surface area contributed by atoms with Gasteiger partial charge in [0.25, 0.3) is 0 Å². The minimum atomic E-state index is 0. The van der Waals surface area contributed by atoms with Gasteiger partial charge in [-0.05, 0) is 0 Å². The van der Waals surface area contributed by atoms with Crippen molar-refractivity contribution < 1.29 is 0 Å². The summed E-state index contributed by atoms with van der Waals surface area (Å²) in [5, 5.41) is 8.47. The van der Waals surface area contributed by atoms with Crippen molar-refractivity contribution in [1.82, 2.24) is 6.15 Å². The van der Waals surface area contributed by atoms with Gasteiger partial charge in [-0.2, -0.15) is 5.16 Å². The maximum absolute atomic E-state index is 7.13. The van der Waals surface area contributed by atoms with Gasteiger partial charge in [0.1, 0.15) is 0 Å². The highest BCUT2D eigenvalue weighted by Crippen LogP contribution is 1.19. The standard InChI is InChI=1S/CNS.CH4.H3N/c2-1-3;;/h;1H4;1H3/q-1;;/p+1. The van der Waals surface area contributed by atoms with Gasteiger partial charge in [0.05, 0.1) is 0 Å². The molecule has 5 heavy (non-hydrogen) atoms. The Balaban J connectivity index is -0.0000000200. The lowest BCUT2D eigenvalue weighted by atomic mass is 11.8. The molecule has 0 bridgehead atoms. The first-order valence-electron chi connectivity index (χ1n) is 0.428. The zero-order valence-corrected chi connectivity index (χ0v) is 3.17. The van der Waals surface area contributed by atoms with Crippen molar-refractivity contribution in [2.24, 2.45) is 0 Å². The fraction of sp³-hybridized carbons (Fsp3) is 0.500. The molecule has 0 rings (SSSR count). The molecule has 0 amide bonds. The van der Waals surface area contributed by atoms with E-state index in [9.17, 15) is 0 Å². The first-order chi connectivity index (χ1) is 1.41. The number of rotatable bonds is 0. The van der Waals surface area contributed by atoms with Gasteiger partial charge >= 0.3 is 0 Å². The Morgan fingerprint density at radius 3 is 1.60 bits per heavy atom. The van der Waals surface area contributed by atoms with E-state index in [1.807, 2.05) is 0 Å². The van der Waals surface area contributed by atoms with E-state index in [4.69, 9.17) is 5.41 Å². The number of hydrogen-bond acceptors (Lipinski definition) is 1. The van der Waals surface area contributed by atoms with E-state index < -0.39 is 0 Å². The summed E-state index contributed by atoms with van der Waals surface area (Å²) in [7, 11) is 0. The predicted octanol–water partition coefficient (Wildman–Crippen LogP) is 1.67. The van der Waals surface area contributed by atoms with Crippen LogP contribution in [0.1, 0.15) is 7.43 Å². The zero-order valence-electron chi connectivity index (χ0n) is 2.36. The lowest BCUT2D eigenvalue weighted by Gasteiger charge is -1.37. The second-order valence-electron chi connectivity index (χ2n) is 0.0913. The van der Waals surface area contributed by atoms with Crippen LogP contribution >= 0.6 is 12.2 Å². The summed E-state index contributed by atoms with van der Waals surface area (Å²) >= 11 is 3.70. The van der Waals surface area contributed by atoms with Gasteiger partial charge in [-0.15, -0.1) is 0 Å². The van der Waals surface area contributed by atoms with Crippen LogP contribution in [0.25, 0.3) is 5.41 Å². The van der Waals surface area contributed by atoms with E-state index in [1.54, 1.807) is 0 Å². The minimum absolute atomic E-state index is 0. The molecule has 0 aromatic heterocycles. The van der Waals surface area contributed by atoms with Gasteiger partial charge in [-0.25, -0.2) is 0 Å². The van der Waals surface area contributed by atoms with Gasteiger partial charge in [-0.1, -0.05) is 19.6 Å². The van der Waals surface area contributed by atoms with E-state index in [1.165, 1.54) is 5.16 Å². The Bertz CT molecular complexity index is 28.6. The third kappa shape index (κ3) is 202. The van der Waals surface area contributed by atoms with Crippen molar-refractivity contribution >= 4 is 17.4 Å². The number of isothiocyanates is 1. The van der Waals surface area contributed by atoms with Crippen molar-refractivity contribution in [3.05, 3.63) is 5.41 Å². The number of nitrogens with zero attached hydrogens (tertiary/aromatic N) is 1. The summed E-state index contributed by atoms with van der Waals surface area (Å²) in [5.41, 5.74) is 0. The molecule has 0 aliphatic carbocycles. The largest absolute Gasteiger partial charge is 0.753 e. The third-order valence-electron chi connectivity index (χ3n) is 0. The summed E-state index contributed by atoms with van der Waals surface area (Å²) in [6, 6.07) is 0. The summed E-state index contributed by atoms with van der Waals surface area (Å²) in [5.74, 6) is 0. The summed E-state index contributed by atoms with van der Waals surface area (Å²) < 4.78 is 0. The lowest BCUT2D eigenvalue weighted by Crippen LogP contribution is -0.979. The predicted molar refractivity (Wildman–Crippen MR) is 28.7 cm³/mol. The van der Waals surface area contributed by atoms with Gasteiger partial charge < -0.3 is 11.6 Å². The van der Waals surface area contributed by atoms with Crippen LogP contribution in [0.4, 0.5) is 0 Å². The smallest absolute Gasteiger partial charge is 0.0548 e. The molecule has 2 nitrogen and oxygen atoms in total. The van der Waals surface area contributed by atoms with Crippen LogP contribution in [0.15, 0.2) is 0 Å². The second-order valence-corrected chi connectivity index (χ2v) is 0.274. The topological polar surface area (TPSA) is 58.8 Å². The van der Waals surface area contributed by atoms with Crippen molar-refractivity contribution in [1.29, 1.82) is 0 Å². The molecule has 0 heterocycles. The Morgan fingerprint density at radius 2 is 1.60 bits per heavy atom. The van der Waals surface area contributed by atoms with Crippen molar-refractivity contribution in [2.75, 3.05) is 0 Å². The summed E-state index contributed by atoms with van der Waals surface area (Å²) in [6.07, 6.45) is 0. The molecule has 0 aromatic rings. The zero-order chi connectivity index (χ0) is 2.71. The quantitative estimate of drug-likeness (QED) is 0.358. The Morgan fingerprint density at radius 1 is 1.60 bits per heavy atom. The van der Waals surface area contributed by atoms with E-state index >= 15 is 0 Å². The molecule has 0 aromatic carbocycles. The molecule has 3 heteroatoms. The molecule has 0 fully saturated rings. The number of quaternary nitrogens is 1. The van der Waals surface area contributed by atoms with Crippen LogP contribution in [0.2, 0.25) is 0 Å². The Kier molecular flexibility index (Phi) is 215. The molecule has 0 saturated heterocycles. The van der Waals surface area contributed by atoms with Gasteiger partial charge in [0, 0.05) is 0 Å². The molecule has 0 spiro atoms. The van der Waals surface area contributed by atoms with Gasteiger partial charge in [0.2, 0.25) is 0 Å². The van der Waals surface area contributed by atoms with E-state index in [-0.39, 0.29) is 13.6 Å². The summed E-state index contributed by atoms with van der Waals surface area (Å²) in [4.78, 5) is 0. The molecule has 0 aliphatic rings. The Hall–Kier alpha value is -0.240. The highest BCUT2D eigenvalue weighted by molar-refractivity contribution is 7.78. The highest BCUT2D eigenvalue weighted by Gasteiger charge is 0.756. The average molecular weight is 92.2 g/mol. The van der Waals surface area contributed by atoms with Crippen molar-refractivity contribution in [3.63, 3.8) is 0 Å². The van der Waals surface area contributed by atoms with E-state index in [0.717, 1.165) is 0 Å². The van der Waals surface area contributed by atoms with E-state index in [2.05, 4.69) is 12.2 Å². The molecule has 0 atom stereocenters. The molecule has 0 saturated carbocycles. The van der Waals surface area contributed by atoms with Crippen LogP contribution in [-0.4, -0.2) is 5.16 Å². The maximum atomic E-state index is 7.13. The average Bonchev–Trinajstić information content (AvgIpc) is 0.918. The van der Waals surface area contributed by atoms with Crippen molar-refractivity contribution in [2.45, 2.75) is 7.43 Å². The van der Waals surface area contributed by atoms with Crippen LogP contribution in [0.5, 0.6) is 0 Å². The van der Waals surface area contributed by atoms with Crippen LogP contribution in [-0.2, 0) is 0 Å². The number of thiocarbonyl (C=S) groups is 1.